The molecule has 1 aliphatic carbocycles. The third kappa shape index (κ3) is 9.96. The number of likely N-dealkylation sites (tertiary alicyclic amines) is 1. The van der Waals surface area contributed by atoms with Gasteiger partial charge >= 0.3 is 0 Å². The first-order chi connectivity index (χ1) is 32.2. The second-order valence-corrected chi connectivity index (χ2v) is 20.4. The van der Waals surface area contributed by atoms with Crippen molar-refractivity contribution in [2.24, 2.45) is 0 Å². The van der Waals surface area contributed by atoms with E-state index in [-0.39, 0.29) is 30.8 Å². The van der Waals surface area contributed by atoms with E-state index in [1.165, 1.54) is 0 Å². The Morgan fingerprint density at radius 2 is 1.36 bits per heavy atom. The average molecular weight is 941 g/mol. The van der Waals surface area contributed by atoms with Crippen LogP contribution in [-0.2, 0) is 47.6 Å². The van der Waals surface area contributed by atoms with Gasteiger partial charge in [-0.2, -0.15) is 21.4 Å². The zero-order chi connectivity index (χ0) is 46.9. The molecule has 3 amide bonds. The summed E-state index contributed by atoms with van der Waals surface area (Å²) in [6.45, 7) is 1.06. The molecule has 1 fully saturated rings. The molecule has 0 bridgehead atoms. The molecule has 15 heteroatoms. The maximum atomic E-state index is 13.0. The summed E-state index contributed by atoms with van der Waals surface area (Å²) in [5, 5.41) is 6.38. The van der Waals surface area contributed by atoms with E-state index in [1.54, 1.807) is 24.3 Å². The van der Waals surface area contributed by atoms with Gasteiger partial charge in [0.15, 0.2) is 0 Å². The van der Waals surface area contributed by atoms with Gasteiger partial charge in [-0.15, -0.1) is 0 Å². The molecule has 0 spiro atoms. The Morgan fingerprint density at radius 3 is 2.07 bits per heavy atom. The van der Waals surface area contributed by atoms with E-state index >= 15 is 0 Å². The topological polar surface area (TPSA) is 180 Å². The number of allylic oxidation sites excluding steroid dienone is 5. The lowest BCUT2D eigenvalue weighted by molar-refractivity contribution is -0.436. The van der Waals surface area contributed by atoms with Crippen molar-refractivity contribution in [2.45, 2.75) is 70.8 Å². The standard InChI is InChI=1S/C52H49N3O10S2/c56-47-28-29-48(57)55(47)49(58)34-35-20-24-40(25-21-35)65-52-38(22-26-43-41-16-6-10-36-12-8-18-45(50(36)41)53(43)30-1-3-32-66(59,60)61)14-5-15-39(52)23-27-44-42-17-7-11-37-13-9-19-46(51(37)42)54(44)31-2-4-33-67(62,63)64/h6-13,16-27H,1-5,14-15,28-34H2,(H-,59,60,61,62,63,64)/p+1. The van der Waals surface area contributed by atoms with Crippen molar-refractivity contribution in [1.29, 1.82) is 0 Å². The summed E-state index contributed by atoms with van der Waals surface area (Å²) in [6.07, 6.45) is 12.2. The number of amides is 3. The van der Waals surface area contributed by atoms with E-state index in [0.29, 0.717) is 68.7 Å². The largest absolute Gasteiger partial charge is 0.457 e. The summed E-state index contributed by atoms with van der Waals surface area (Å²) < 4.78 is 76.4. The van der Waals surface area contributed by atoms with Gasteiger partial charge in [0.2, 0.25) is 29.1 Å². The molecule has 0 radical (unpaired) electrons. The van der Waals surface area contributed by atoms with Gasteiger partial charge in [-0.1, -0.05) is 72.8 Å². The van der Waals surface area contributed by atoms with E-state index in [4.69, 9.17) is 4.74 Å². The maximum Gasteiger partial charge on any atom is 0.264 e. The third-order valence-electron chi connectivity index (χ3n) is 12.7. The number of carbonyl (C=O) groups is 3. The molecule has 3 aliphatic rings. The van der Waals surface area contributed by atoms with Crippen LogP contribution in [0.4, 0.5) is 5.69 Å². The Bertz CT molecular complexity index is 3370. The van der Waals surface area contributed by atoms with Gasteiger partial charge in [0, 0.05) is 59.6 Å². The van der Waals surface area contributed by atoms with Crippen molar-refractivity contribution in [2.75, 3.05) is 18.1 Å². The monoisotopic (exact) mass is 940 g/mol. The van der Waals surface area contributed by atoms with Crippen LogP contribution < -0.4 is 10.1 Å². The van der Waals surface area contributed by atoms with Crippen LogP contribution in [0, 0.1) is 0 Å². The van der Waals surface area contributed by atoms with Gasteiger partial charge in [-0.05, 0) is 102 Å². The Hall–Kier alpha value is -6.52. The minimum absolute atomic E-state index is 0.0322. The van der Waals surface area contributed by atoms with E-state index in [1.807, 2.05) is 24.3 Å². The molecule has 2 aliphatic heterocycles. The minimum Gasteiger partial charge on any atom is -0.457 e. The average Bonchev–Trinajstić information content (AvgIpc) is 3.91. The highest BCUT2D eigenvalue weighted by Gasteiger charge is 2.34. The normalized spacial score (nSPS) is 16.7. The van der Waals surface area contributed by atoms with Gasteiger partial charge in [0.1, 0.15) is 18.1 Å². The van der Waals surface area contributed by atoms with E-state index < -0.39 is 38.0 Å². The van der Waals surface area contributed by atoms with Crippen LogP contribution in [0.3, 0.4) is 0 Å². The van der Waals surface area contributed by atoms with Crippen molar-refractivity contribution >= 4 is 87.9 Å². The highest BCUT2D eigenvalue weighted by molar-refractivity contribution is 7.86. The number of nitrogens with zero attached hydrogens (tertiary/aromatic N) is 3. The van der Waals surface area contributed by atoms with Gasteiger partial charge in [0.05, 0.1) is 28.9 Å². The molecule has 344 valence electrons. The number of rotatable bonds is 17. The van der Waals surface area contributed by atoms with E-state index in [2.05, 4.69) is 82.0 Å². The van der Waals surface area contributed by atoms with Crippen LogP contribution in [0.15, 0.2) is 132 Å². The lowest BCUT2D eigenvalue weighted by Crippen LogP contribution is -2.36. The van der Waals surface area contributed by atoms with Crippen molar-refractivity contribution in [3.63, 3.8) is 0 Å². The quantitative estimate of drug-likeness (QED) is 0.0392. The Balaban J connectivity index is 1.12. The van der Waals surface area contributed by atoms with Crippen molar-refractivity contribution in [3.05, 3.63) is 149 Å². The highest BCUT2D eigenvalue weighted by Crippen LogP contribution is 2.38. The molecule has 1 aromatic heterocycles. The second kappa shape index (κ2) is 19.0. The van der Waals surface area contributed by atoms with Crippen LogP contribution in [-0.4, -0.2) is 81.5 Å². The smallest absolute Gasteiger partial charge is 0.264 e. The molecule has 1 saturated heterocycles. The predicted molar refractivity (Wildman–Crippen MR) is 258 cm³/mol. The Kier molecular flexibility index (Phi) is 12.9. The number of imide groups is 3. The molecular weight excluding hydrogens is 891 g/mol. The molecule has 0 saturated carbocycles. The van der Waals surface area contributed by atoms with E-state index in [0.717, 1.165) is 77.2 Å². The van der Waals surface area contributed by atoms with Crippen LogP contribution >= 0.6 is 0 Å². The van der Waals surface area contributed by atoms with Crippen LogP contribution in [0.5, 0.6) is 5.75 Å². The summed E-state index contributed by atoms with van der Waals surface area (Å²) in [6, 6.07) is 31.7. The number of benzene rings is 5. The zero-order valence-corrected chi connectivity index (χ0v) is 38.4. The zero-order valence-electron chi connectivity index (χ0n) is 36.8. The van der Waals surface area contributed by atoms with Gasteiger partial charge < -0.3 is 9.30 Å². The number of aromatic nitrogens is 1. The molecule has 67 heavy (non-hydrogen) atoms. The number of hydrogen-bond acceptors (Lipinski definition) is 8. The van der Waals surface area contributed by atoms with Crippen molar-refractivity contribution in [3.8, 4) is 5.75 Å². The van der Waals surface area contributed by atoms with Gasteiger partial charge in [-0.3, -0.25) is 23.5 Å². The fourth-order valence-corrected chi connectivity index (χ4v) is 10.8. The third-order valence-corrected chi connectivity index (χ3v) is 14.3. The molecule has 9 rings (SSSR count). The molecule has 2 N–H and O–H groups in total. The van der Waals surface area contributed by atoms with Gasteiger partial charge in [0.25, 0.3) is 20.2 Å². The molecule has 5 aromatic carbocycles. The molecule has 6 aromatic rings. The van der Waals surface area contributed by atoms with Crippen LogP contribution in [0.25, 0.3) is 38.5 Å². The molecular formula is C52H50N3O10S2+. The summed E-state index contributed by atoms with van der Waals surface area (Å²) in [4.78, 5) is 38.2. The number of hydrogen-bond donors (Lipinski definition) is 2. The van der Waals surface area contributed by atoms with Crippen molar-refractivity contribution in [1.82, 2.24) is 9.47 Å². The summed E-state index contributed by atoms with van der Waals surface area (Å²) >= 11 is 0. The molecule has 0 unspecified atom stereocenters. The first-order valence-electron chi connectivity index (χ1n) is 22.6. The fourth-order valence-electron chi connectivity index (χ4n) is 9.63. The highest BCUT2D eigenvalue weighted by atomic mass is 32.2. The second-order valence-electron chi connectivity index (χ2n) is 17.3. The first kappa shape index (κ1) is 45.6. The Morgan fingerprint density at radius 1 is 0.701 bits per heavy atom. The summed E-state index contributed by atoms with van der Waals surface area (Å²) in [5.41, 5.74) is 6.56. The van der Waals surface area contributed by atoms with Crippen LogP contribution in [0.1, 0.15) is 68.9 Å². The predicted octanol–water partition coefficient (Wildman–Crippen LogP) is 8.15. The summed E-state index contributed by atoms with van der Waals surface area (Å²) in [7, 11) is -8.19. The van der Waals surface area contributed by atoms with Gasteiger partial charge in [-0.25, -0.2) is 4.90 Å². The number of ether oxygens (including phenoxy) is 1. The first-order valence-corrected chi connectivity index (χ1v) is 25.8. The fraction of sp³-hybridized carbons (Fsp3) is 0.269. The summed E-state index contributed by atoms with van der Waals surface area (Å²) in [5.74, 6) is -0.967. The van der Waals surface area contributed by atoms with E-state index in [9.17, 15) is 40.3 Å². The SMILES string of the molecule is O=C1CCC(=O)N1C(=O)Cc1ccc(OC2=C(/C=C/C3=[N+](CCCCS(=O)(=O)O)c4cccc5cccc3c45)CCCC2=C/C=c2/c3cccc4cccc(c43)n2CCCCS(=O)(=O)O)cc1. The number of unbranched alkanes of at least 4 members (excludes halogenated alkanes) is 2. The lowest BCUT2D eigenvalue weighted by Gasteiger charge is -2.22. The minimum atomic E-state index is -4.09. The molecule has 0 atom stereocenters. The Labute approximate surface area is 388 Å². The maximum absolute atomic E-state index is 13.0. The number of carbonyl (C=O) groups excluding carboxylic acids is 3. The lowest BCUT2D eigenvalue weighted by atomic mass is 9.91. The van der Waals surface area contributed by atoms with Crippen LogP contribution in [0.2, 0.25) is 0 Å². The van der Waals surface area contributed by atoms with Crippen molar-refractivity contribution < 1.29 is 49.6 Å². The number of aryl methyl sites for hydroxylation is 1. The molecule has 3 heterocycles. The molecule has 13 nitrogen and oxygen atoms in total.